The van der Waals surface area contributed by atoms with E-state index in [9.17, 15) is 5.11 Å². The van der Waals surface area contributed by atoms with Crippen LogP contribution in [-0.2, 0) is 21.1 Å². The molecular formula is C31H32N4OPt. The average Bonchev–Trinajstić information content (AvgIpc) is 3.43. The maximum atomic E-state index is 10.4. The smallest absolute Gasteiger partial charge is 0.268 e. The summed E-state index contributed by atoms with van der Waals surface area (Å²) in [5.74, 6) is 1.18. The Balaban J connectivity index is 0.00000353. The molecule has 0 bridgehead atoms. The van der Waals surface area contributed by atoms with Crippen LogP contribution in [0.4, 0.5) is 0 Å². The minimum Gasteiger partial charge on any atom is -0.507 e. The third kappa shape index (κ3) is 5.10. The standard InChI is InChI=1S/C31H32N4O.Pt/c1-20(2)24-13-9-14-25(21(3)4)29(24)35-17-16-32-30(35)23-11-8-10-22(18-23)27-19-34(5)31(33-27)26-12-6-7-15-28(26)36;/h6-17,19-21,31,36H,1-5H3;/i16D,17D;. The van der Waals surface area contributed by atoms with E-state index in [1.165, 1.54) is 0 Å². The molecule has 5 nitrogen and oxygen atoms in total. The molecule has 192 valence electrons. The van der Waals surface area contributed by atoms with Crippen LogP contribution in [0.2, 0.25) is 0 Å². The molecule has 37 heavy (non-hydrogen) atoms. The van der Waals surface area contributed by atoms with Crippen molar-refractivity contribution in [2.75, 3.05) is 7.05 Å². The second-order valence-corrected chi connectivity index (χ2v) is 9.81. The molecule has 4 aromatic rings. The summed E-state index contributed by atoms with van der Waals surface area (Å²) in [7, 11) is 1.93. The van der Waals surface area contributed by atoms with E-state index in [4.69, 9.17) is 7.73 Å². The van der Waals surface area contributed by atoms with Gasteiger partial charge in [0.1, 0.15) is 12.8 Å². The van der Waals surface area contributed by atoms with Crippen molar-refractivity contribution in [3.05, 3.63) is 101 Å². The van der Waals surface area contributed by atoms with Crippen LogP contribution < -0.4 is 0 Å². The third-order valence-electron chi connectivity index (χ3n) is 6.60. The van der Waals surface area contributed by atoms with Gasteiger partial charge in [-0.1, -0.05) is 69.2 Å². The van der Waals surface area contributed by atoms with Gasteiger partial charge >= 0.3 is 0 Å². The van der Waals surface area contributed by atoms with Crippen LogP contribution in [0.1, 0.15) is 70.7 Å². The zero-order valence-electron chi connectivity index (χ0n) is 23.6. The summed E-state index contributed by atoms with van der Waals surface area (Å²) in [5.41, 5.74) is 6.08. The van der Waals surface area contributed by atoms with Gasteiger partial charge in [0.25, 0.3) is 6.17 Å². The second kappa shape index (κ2) is 11.0. The molecule has 1 aliphatic heterocycles. The van der Waals surface area contributed by atoms with Crippen LogP contribution >= 0.6 is 0 Å². The number of benzene rings is 3. The number of aromatic hydroxyl groups is 1. The molecule has 0 spiro atoms. The summed E-state index contributed by atoms with van der Waals surface area (Å²) in [6, 6.07) is 22.7. The first-order valence-electron chi connectivity index (χ1n) is 13.3. The number of imidazole rings is 1. The summed E-state index contributed by atoms with van der Waals surface area (Å²) in [5, 5.41) is 10.4. The molecule has 0 saturated carbocycles. The van der Waals surface area contributed by atoms with E-state index in [1.54, 1.807) is 16.7 Å². The summed E-state index contributed by atoms with van der Waals surface area (Å²) in [6.07, 6.45) is 1.58. The molecule has 1 N–H and O–H groups in total. The van der Waals surface area contributed by atoms with Crippen molar-refractivity contribution in [3.63, 3.8) is 0 Å². The molecule has 3 aromatic carbocycles. The van der Waals surface area contributed by atoms with Crippen molar-refractivity contribution in [1.82, 2.24) is 9.55 Å². The zero-order valence-corrected chi connectivity index (χ0v) is 23.9. The number of aliphatic imine (C=N–C) groups is 1. The topological polar surface area (TPSA) is 53.4 Å². The Morgan fingerprint density at radius 2 is 1.59 bits per heavy atom. The molecule has 2 heterocycles. The normalized spacial score (nSPS) is 15.8. The fourth-order valence-corrected chi connectivity index (χ4v) is 4.75. The van der Waals surface area contributed by atoms with Crippen LogP contribution in [0.15, 0.2) is 78.0 Å². The fraction of sp³-hybridized carbons (Fsp3) is 0.258. The number of rotatable bonds is 6. The Kier molecular flexibility index (Phi) is 7.14. The number of aromatic nitrogens is 2. The molecule has 1 aliphatic rings. The number of para-hydroxylation sites is 2. The zero-order chi connectivity index (χ0) is 27.1. The Labute approximate surface area is 236 Å². The summed E-state index contributed by atoms with van der Waals surface area (Å²) in [4.78, 5) is 9.41. The third-order valence-corrected chi connectivity index (χ3v) is 6.60. The Morgan fingerprint density at radius 3 is 2.27 bits per heavy atom. The number of phenols is 1. The van der Waals surface area contributed by atoms with Gasteiger partial charge in [0.2, 0.25) is 0 Å². The SMILES string of the molecule is [2H]c1nc(-c2[c-]c(C3=NC(c4ccccc4O)[N+](C)=C3)ccc2)n(-c2c(C(C)C)cccc2C(C)C)c1[2H].[Pt]. The quantitative estimate of drug-likeness (QED) is 0.188. The van der Waals surface area contributed by atoms with Crippen LogP contribution in [0.5, 0.6) is 5.75 Å². The average molecular weight is 674 g/mol. The van der Waals surface area contributed by atoms with Crippen molar-refractivity contribution in [2.24, 2.45) is 4.99 Å². The maximum Gasteiger partial charge on any atom is 0.268 e. The van der Waals surface area contributed by atoms with E-state index < -0.39 is 0 Å². The predicted octanol–water partition coefficient (Wildman–Crippen LogP) is 6.50. The van der Waals surface area contributed by atoms with Gasteiger partial charge in [-0.25, -0.2) is 9.57 Å². The molecule has 0 radical (unpaired) electrons. The molecular weight excluding hydrogens is 639 g/mol. The van der Waals surface area contributed by atoms with Crippen molar-refractivity contribution >= 4 is 11.9 Å². The molecule has 1 atom stereocenters. The second-order valence-electron chi connectivity index (χ2n) is 9.81. The molecule has 5 rings (SSSR count). The molecule has 6 heteroatoms. The van der Waals surface area contributed by atoms with Gasteiger partial charge in [0.15, 0.2) is 6.21 Å². The molecule has 1 unspecified atom stereocenters. The first-order chi connectivity index (χ1) is 18.2. The Bertz CT molecular complexity index is 1560. The van der Waals surface area contributed by atoms with Crippen LogP contribution in [0, 0.1) is 6.07 Å². The first kappa shape index (κ1) is 24.1. The molecule has 0 saturated heterocycles. The van der Waals surface area contributed by atoms with Crippen molar-refractivity contribution in [1.29, 1.82) is 0 Å². The van der Waals surface area contributed by atoms with Crippen LogP contribution in [0.25, 0.3) is 17.1 Å². The summed E-state index contributed by atoms with van der Waals surface area (Å²) < 4.78 is 21.0. The summed E-state index contributed by atoms with van der Waals surface area (Å²) >= 11 is 0. The van der Waals surface area contributed by atoms with E-state index in [0.29, 0.717) is 11.4 Å². The fourth-order valence-electron chi connectivity index (χ4n) is 4.75. The van der Waals surface area contributed by atoms with Crippen molar-refractivity contribution in [3.8, 4) is 22.8 Å². The van der Waals surface area contributed by atoms with E-state index in [1.807, 2.05) is 48.2 Å². The van der Waals surface area contributed by atoms with E-state index in [2.05, 4.69) is 56.9 Å². The Hall–Kier alpha value is -3.30. The molecule has 1 aromatic heterocycles. The Morgan fingerprint density at radius 1 is 0.946 bits per heavy atom. The number of hydrogen-bond acceptors (Lipinski definition) is 3. The van der Waals surface area contributed by atoms with Crippen LogP contribution in [-0.4, -0.2) is 38.2 Å². The predicted molar refractivity (Wildman–Crippen MR) is 146 cm³/mol. The van der Waals surface area contributed by atoms with E-state index in [-0.39, 0.29) is 57.2 Å². The number of hydrogen-bond donors (Lipinski definition) is 1. The molecule has 0 fully saturated rings. The van der Waals surface area contributed by atoms with E-state index >= 15 is 0 Å². The van der Waals surface area contributed by atoms with Crippen molar-refractivity contribution < 1.29 is 33.5 Å². The minimum absolute atomic E-state index is 0. The first-order valence-corrected chi connectivity index (χ1v) is 12.3. The van der Waals surface area contributed by atoms with Gasteiger partial charge in [-0.2, -0.15) is 0 Å². The van der Waals surface area contributed by atoms with Gasteiger partial charge in [-0.05, 0) is 35.1 Å². The minimum atomic E-state index is -0.337. The van der Waals surface area contributed by atoms with Crippen molar-refractivity contribution in [2.45, 2.75) is 45.7 Å². The molecule has 0 aliphatic carbocycles. The number of phenolic OH excluding ortho intramolecular Hbond substituents is 1. The van der Waals surface area contributed by atoms with Gasteiger partial charge in [0, 0.05) is 39.1 Å². The summed E-state index contributed by atoms with van der Waals surface area (Å²) in [6.45, 7) is 8.57. The van der Waals surface area contributed by atoms with Gasteiger partial charge in [0.05, 0.1) is 19.8 Å². The van der Waals surface area contributed by atoms with Gasteiger partial charge in [-0.3, -0.25) is 4.98 Å². The largest absolute Gasteiger partial charge is 0.507 e. The monoisotopic (exact) mass is 673 g/mol. The maximum absolute atomic E-state index is 10.4. The van der Waals surface area contributed by atoms with Crippen LogP contribution in [0.3, 0.4) is 0 Å². The number of nitrogens with zero attached hydrogens (tertiary/aromatic N) is 4. The van der Waals surface area contributed by atoms with Gasteiger partial charge < -0.3 is 9.67 Å². The van der Waals surface area contributed by atoms with Gasteiger partial charge in [-0.15, -0.1) is 24.3 Å². The van der Waals surface area contributed by atoms with E-state index in [0.717, 1.165) is 33.7 Å². The molecule has 0 amide bonds.